The lowest BCUT2D eigenvalue weighted by atomic mass is 10.1. The van der Waals surface area contributed by atoms with Crippen molar-refractivity contribution in [2.24, 2.45) is 0 Å². The number of rotatable bonds is 6. The Morgan fingerprint density at radius 1 is 0.955 bits per heavy atom. The predicted molar refractivity (Wildman–Crippen MR) is 86.7 cm³/mol. The van der Waals surface area contributed by atoms with Gasteiger partial charge >= 0.3 is 0 Å². The second-order valence-corrected chi connectivity index (χ2v) is 5.02. The molecule has 0 radical (unpaired) electrons. The van der Waals surface area contributed by atoms with Crippen molar-refractivity contribution in [3.8, 4) is 0 Å². The fourth-order valence-corrected chi connectivity index (χ4v) is 2.24. The lowest BCUT2D eigenvalue weighted by molar-refractivity contribution is -0.126. The number of hydrogen-bond acceptors (Lipinski definition) is 3. The molecule has 0 saturated carbocycles. The lowest BCUT2D eigenvalue weighted by Gasteiger charge is -2.17. The molecule has 1 amide bonds. The van der Waals surface area contributed by atoms with Crippen LogP contribution in [0.2, 0.25) is 0 Å². The number of carbonyl (C=O) groups excluding carboxylic acids is 1. The molecule has 0 heterocycles. The van der Waals surface area contributed by atoms with Gasteiger partial charge in [0.05, 0.1) is 6.10 Å². The Bertz CT molecular complexity index is 613. The van der Waals surface area contributed by atoms with Crippen LogP contribution in [-0.4, -0.2) is 20.1 Å². The molecule has 0 fully saturated rings. The first-order chi connectivity index (χ1) is 10.7. The van der Waals surface area contributed by atoms with E-state index in [4.69, 9.17) is 9.47 Å². The van der Waals surface area contributed by atoms with E-state index in [9.17, 15) is 4.79 Å². The van der Waals surface area contributed by atoms with Gasteiger partial charge in [0.2, 0.25) is 0 Å². The van der Waals surface area contributed by atoms with E-state index in [-0.39, 0.29) is 12.0 Å². The molecule has 0 spiro atoms. The second-order valence-electron chi connectivity index (χ2n) is 5.02. The number of benzene rings is 2. The fourth-order valence-electron chi connectivity index (χ4n) is 2.24. The number of nitrogens with one attached hydrogen (secondary N) is 1. The van der Waals surface area contributed by atoms with Crippen molar-refractivity contribution < 1.29 is 14.3 Å². The number of carbonyl (C=O) groups is 1. The van der Waals surface area contributed by atoms with Gasteiger partial charge in [-0.3, -0.25) is 4.79 Å². The molecule has 0 aliphatic heterocycles. The largest absolute Gasteiger partial charge is 0.377 e. The molecule has 2 atom stereocenters. The summed E-state index contributed by atoms with van der Waals surface area (Å²) in [5.74, 6) is -0.198. The lowest BCUT2D eigenvalue weighted by Crippen LogP contribution is -2.22. The molecule has 2 aromatic carbocycles. The van der Waals surface area contributed by atoms with Crippen molar-refractivity contribution >= 4 is 11.6 Å². The standard InChI is InChI=1S/C18H21NO3/c1-13(21-2)15-10-7-11-16(12-15)19-18(20)17(22-3)14-8-5-4-6-9-14/h4-13,17H,1-3H3,(H,19,20)/t13-,17-/m1/s1. The van der Waals surface area contributed by atoms with Crippen LogP contribution in [0.25, 0.3) is 0 Å². The number of amides is 1. The maximum absolute atomic E-state index is 12.4. The summed E-state index contributed by atoms with van der Waals surface area (Å²) < 4.78 is 10.6. The van der Waals surface area contributed by atoms with Crippen LogP contribution in [0.1, 0.15) is 30.3 Å². The zero-order valence-corrected chi connectivity index (χ0v) is 13.1. The zero-order valence-electron chi connectivity index (χ0n) is 13.1. The van der Waals surface area contributed by atoms with E-state index < -0.39 is 6.10 Å². The summed E-state index contributed by atoms with van der Waals surface area (Å²) in [6.45, 7) is 1.96. The molecule has 0 aromatic heterocycles. The summed E-state index contributed by atoms with van der Waals surface area (Å²) >= 11 is 0. The Balaban J connectivity index is 2.14. The Morgan fingerprint density at radius 2 is 1.64 bits per heavy atom. The van der Waals surface area contributed by atoms with Crippen LogP contribution in [0.5, 0.6) is 0 Å². The van der Waals surface area contributed by atoms with Crippen molar-refractivity contribution in [2.75, 3.05) is 19.5 Å². The molecule has 0 saturated heterocycles. The molecule has 0 aliphatic rings. The molecule has 22 heavy (non-hydrogen) atoms. The third kappa shape index (κ3) is 3.93. The van der Waals surface area contributed by atoms with E-state index >= 15 is 0 Å². The molecule has 2 rings (SSSR count). The first-order valence-electron chi connectivity index (χ1n) is 7.17. The molecule has 0 unspecified atom stereocenters. The molecule has 0 aliphatic carbocycles. The van der Waals surface area contributed by atoms with E-state index in [1.165, 1.54) is 7.11 Å². The van der Waals surface area contributed by atoms with Gasteiger partial charge in [-0.15, -0.1) is 0 Å². The fraction of sp³-hybridized carbons (Fsp3) is 0.278. The molecular formula is C18H21NO3. The van der Waals surface area contributed by atoms with Crippen LogP contribution in [0.4, 0.5) is 5.69 Å². The minimum Gasteiger partial charge on any atom is -0.377 e. The van der Waals surface area contributed by atoms with Crippen LogP contribution in [0.3, 0.4) is 0 Å². The van der Waals surface area contributed by atoms with Gasteiger partial charge in [0.15, 0.2) is 6.10 Å². The summed E-state index contributed by atoms with van der Waals surface area (Å²) in [5, 5.41) is 2.89. The molecule has 4 heteroatoms. The summed E-state index contributed by atoms with van der Waals surface area (Å²) in [6, 6.07) is 17.0. The molecule has 2 aromatic rings. The summed E-state index contributed by atoms with van der Waals surface area (Å²) in [4.78, 5) is 12.4. The number of methoxy groups -OCH3 is 2. The molecular weight excluding hydrogens is 278 g/mol. The quantitative estimate of drug-likeness (QED) is 0.884. The van der Waals surface area contributed by atoms with E-state index in [1.807, 2.05) is 61.5 Å². The van der Waals surface area contributed by atoms with Gasteiger partial charge in [0.25, 0.3) is 5.91 Å². The van der Waals surface area contributed by atoms with Gasteiger partial charge in [0, 0.05) is 19.9 Å². The smallest absolute Gasteiger partial charge is 0.258 e. The van der Waals surface area contributed by atoms with Gasteiger partial charge in [-0.05, 0) is 30.2 Å². The molecule has 4 nitrogen and oxygen atoms in total. The zero-order chi connectivity index (χ0) is 15.9. The van der Waals surface area contributed by atoms with Gasteiger partial charge in [-0.1, -0.05) is 42.5 Å². The highest BCUT2D eigenvalue weighted by molar-refractivity contribution is 5.94. The Morgan fingerprint density at radius 3 is 2.27 bits per heavy atom. The van der Waals surface area contributed by atoms with Crippen molar-refractivity contribution in [1.82, 2.24) is 0 Å². The Kier molecular flexibility index (Phi) is 5.69. The van der Waals surface area contributed by atoms with E-state index in [1.54, 1.807) is 7.11 Å². The Hall–Kier alpha value is -2.17. The minimum absolute atomic E-state index is 0.0239. The van der Waals surface area contributed by atoms with Gasteiger partial charge in [-0.2, -0.15) is 0 Å². The van der Waals surface area contributed by atoms with Crippen molar-refractivity contribution in [2.45, 2.75) is 19.1 Å². The first kappa shape index (κ1) is 16.2. The SMILES string of the molecule is CO[C@H](C)c1cccc(NC(=O)[C@H](OC)c2ccccc2)c1. The van der Waals surface area contributed by atoms with Gasteiger partial charge in [0.1, 0.15) is 0 Å². The van der Waals surface area contributed by atoms with E-state index in [2.05, 4.69) is 5.32 Å². The van der Waals surface area contributed by atoms with E-state index in [0.717, 1.165) is 16.8 Å². The average Bonchev–Trinajstić information content (AvgIpc) is 2.56. The third-order valence-electron chi connectivity index (χ3n) is 3.55. The topological polar surface area (TPSA) is 47.6 Å². The summed E-state index contributed by atoms with van der Waals surface area (Å²) in [7, 11) is 3.19. The number of hydrogen-bond donors (Lipinski definition) is 1. The summed E-state index contributed by atoms with van der Waals surface area (Å²) in [5.41, 5.74) is 2.56. The highest BCUT2D eigenvalue weighted by Gasteiger charge is 2.20. The number of anilines is 1. The molecule has 1 N–H and O–H groups in total. The van der Waals surface area contributed by atoms with Crippen LogP contribution in [0.15, 0.2) is 54.6 Å². The minimum atomic E-state index is -0.635. The normalized spacial score (nSPS) is 13.4. The monoisotopic (exact) mass is 299 g/mol. The van der Waals surface area contributed by atoms with Crippen LogP contribution in [0, 0.1) is 0 Å². The first-order valence-corrected chi connectivity index (χ1v) is 7.17. The maximum atomic E-state index is 12.4. The number of ether oxygens (including phenoxy) is 2. The second kappa shape index (κ2) is 7.73. The average molecular weight is 299 g/mol. The van der Waals surface area contributed by atoms with Crippen molar-refractivity contribution in [1.29, 1.82) is 0 Å². The summed E-state index contributed by atoms with van der Waals surface area (Å²) in [6.07, 6.45) is -0.658. The highest BCUT2D eigenvalue weighted by Crippen LogP contribution is 2.22. The predicted octanol–water partition coefficient (Wildman–Crippen LogP) is 3.72. The molecule has 116 valence electrons. The third-order valence-corrected chi connectivity index (χ3v) is 3.55. The van der Waals surface area contributed by atoms with Crippen LogP contribution < -0.4 is 5.32 Å². The highest BCUT2D eigenvalue weighted by atomic mass is 16.5. The Labute approximate surface area is 131 Å². The van der Waals surface area contributed by atoms with Crippen LogP contribution >= 0.6 is 0 Å². The van der Waals surface area contributed by atoms with Gasteiger partial charge < -0.3 is 14.8 Å². The maximum Gasteiger partial charge on any atom is 0.258 e. The van der Waals surface area contributed by atoms with Gasteiger partial charge in [-0.25, -0.2) is 0 Å². The van der Waals surface area contributed by atoms with Crippen molar-refractivity contribution in [3.63, 3.8) is 0 Å². The van der Waals surface area contributed by atoms with E-state index in [0.29, 0.717) is 0 Å². The van der Waals surface area contributed by atoms with Crippen molar-refractivity contribution in [3.05, 3.63) is 65.7 Å². The van der Waals surface area contributed by atoms with Crippen LogP contribution in [-0.2, 0) is 14.3 Å². The molecule has 0 bridgehead atoms.